The first kappa shape index (κ1) is 15.2. The summed E-state index contributed by atoms with van der Waals surface area (Å²) in [5.41, 5.74) is 0.677. The number of thiocarbonyl (C=S) groups is 1. The zero-order valence-corrected chi connectivity index (χ0v) is 12.4. The van der Waals surface area contributed by atoms with E-state index in [9.17, 15) is 8.78 Å². The van der Waals surface area contributed by atoms with Crippen LogP contribution in [-0.4, -0.2) is 11.2 Å². The average Bonchev–Trinajstić information content (AvgIpc) is 2.42. The van der Waals surface area contributed by atoms with E-state index in [1.54, 1.807) is 6.07 Å². The van der Waals surface area contributed by atoms with Gasteiger partial charge in [-0.1, -0.05) is 25.3 Å². The first-order chi connectivity index (χ1) is 9.56. The van der Waals surface area contributed by atoms with E-state index in [1.165, 1.54) is 25.3 Å². The van der Waals surface area contributed by atoms with Crippen molar-refractivity contribution in [2.24, 2.45) is 0 Å². The second-order valence-corrected chi connectivity index (χ2v) is 5.76. The highest BCUT2D eigenvalue weighted by Crippen LogP contribution is 2.18. The summed E-state index contributed by atoms with van der Waals surface area (Å²) in [4.78, 5) is 0. The van der Waals surface area contributed by atoms with Gasteiger partial charge in [0.25, 0.3) is 0 Å². The van der Waals surface area contributed by atoms with Gasteiger partial charge in [0.2, 0.25) is 0 Å². The fraction of sp³-hybridized carbons (Fsp3) is 0.533. The first-order valence-corrected chi connectivity index (χ1v) is 7.49. The summed E-state index contributed by atoms with van der Waals surface area (Å²) in [6.45, 7) is 1.88. The minimum Gasteiger partial charge on any atom is -0.360 e. The molecule has 2 N–H and O–H groups in total. The number of hydrogen-bond donors (Lipinski definition) is 2. The van der Waals surface area contributed by atoms with Crippen molar-refractivity contribution in [1.29, 1.82) is 0 Å². The fourth-order valence-corrected chi connectivity index (χ4v) is 2.88. The molecule has 0 spiro atoms. The van der Waals surface area contributed by atoms with Crippen LogP contribution in [-0.2, 0) is 0 Å². The minimum absolute atomic E-state index is 0.159. The van der Waals surface area contributed by atoms with Crippen molar-refractivity contribution in [3.05, 3.63) is 35.4 Å². The van der Waals surface area contributed by atoms with E-state index in [0.717, 1.165) is 18.9 Å². The van der Waals surface area contributed by atoms with Crippen LogP contribution in [0, 0.1) is 11.6 Å². The predicted octanol–water partition coefficient (Wildman–Crippen LogP) is 3.82. The molecule has 5 heteroatoms. The summed E-state index contributed by atoms with van der Waals surface area (Å²) in [6, 6.07) is 4.19. The Balaban J connectivity index is 1.87. The van der Waals surface area contributed by atoms with Crippen LogP contribution in [0.5, 0.6) is 0 Å². The van der Waals surface area contributed by atoms with Gasteiger partial charge in [-0.05, 0) is 49.7 Å². The van der Waals surface area contributed by atoms with Gasteiger partial charge in [-0.25, -0.2) is 8.78 Å². The standard InChI is InChI=1S/C15H20F2N2S/c1-10(11-7-8-13(16)14(17)9-11)18-15(20)19-12-5-3-2-4-6-12/h7-10,12H,2-6H2,1H3,(H2,18,19,20)/t10-/m0/s1. The van der Waals surface area contributed by atoms with E-state index in [0.29, 0.717) is 16.7 Å². The van der Waals surface area contributed by atoms with Gasteiger partial charge in [-0.2, -0.15) is 0 Å². The van der Waals surface area contributed by atoms with Gasteiger partial charge < -0.3 is 10.6 Å². The zero-order valence-electron chi connectivity index (χ0n) is 11.6. The molecule has 1 atom stereocenters. The molecule has 1 aliphatic carbocycles. The lowest BCUT2D eigenvalue weighted by atomic mass is 9.96. The molecule has 110 valence electrons. The molecule has 0 aliphatic heterocycles. The van der Waals surface area contributed by atoms with Crippen molar-refractivity contribution < 1.29 is 8.78 Å². The molecule has 1 aromatic rings. The lowest BCUT2D eigenvalue weighted by Gasteiger charge is -2.26. The summed E-state index contributed by atoms with van der Waals surface area (Å²) in [5.74, 6) is -1.66. The van der Waals surface area contributed by atoms with Crippen molar-refractivity contribution in [2.75, 3.05) is 0 Å². The monoisotopic (exact) mass is 298 g/mol. The Bertz CT molecular complexity index is 473. The Hall–Kier alpha value is -1.23. The van der Waals surface area contributed by atoms with Crippen LogP contribution in [0.25, 0.3) is 0 Å². The number of halogens is 2. The molecular weight excluding hydrogens is 278 g/mol. The maximum atomic E-state index is 13.2. The Morgan fingerprint density at radius 2 is 1.90 bits per heavy atom. The van der Waals surface area contributed by atoms with Crippen LogP contribution >= 0.6 is 12.2 Å². The van der Waals surface area contributed by atoms with Crippen molar-refractivity contribution in [1.82, 2.24) is 10.6 Å². The molecule has 2 nitrogen and oxygen atoms in total. The summed E-state index contributed by atoms with van der Waals surface area (Å²) < 4.78 is 26.1. The number of hydrogen-bond acceptors (Lipinski definition) is 1. The molecule has 0 bridgehead atoms. The Morgan fingerprint density at radius 3 is 2.55 bits per heavy atom. The topological polar surface area (TPSA) is 24.1 Å². The van der Waals surface area contributed by atoms with Crippen LogP contribution < -0.4 is 10.6 Å². The molecule has 1 aliphatic rings. The van der Waals surface area contributed by atoms with E-state index >= 15 is 0 Å². The number of nitrogens with one attached hydrogen (secondary N) is 2. The van der Waals surface area contributed by atoms with Gasteiger partial charge >= 0.3 is 0 Å². The van der Waals surface area contributed by atoms with Gasteiger partial charge in [0.1, 0.15) is 0 Å². The van der Waals surface area contributed by atoms with E-state index in [4.69, 9.17) is 12.2 Å². The summed E-state index contributed by atoms with van der Waals surface area (Å²) in [7, 11) is 0. The Labute approximate surface area is 123 Å². The number of rotatable bonds is 3. The third-order valence-corrected chi connectivity index (χ3v) is 3.97. The minimum atomic E-state index is -0.831. The number of benzene rings is 1. The van der Waals surface area contributed by atoms with Gasteiger partial charge in [0, 0.05) is 6.04 Å². The SMILES string of the molecule is C[C@H](NC(=S)NC1CCCCC1)c1ccc(F)c(F)c1. The second-order valence-electron chi connectivity index (χ2n) is 5.35. The van der Waals surface area contributed by atoms with Gasteiger partial charge in [-0.3, -0.25) is 0 Å². The highest BCUT2D eigenvalue weighted by atomic mass is 32.1. The van der Waals surface area contributed by atoms with Crippen LogP contribution in [0.3, 0.4) is 0 Å². The zero-order chi connectivity index (χ0) is 14.5. The molecule has 0 amide bonds. The average molecular weight is 298 g/mol. The first-order valence-electron chi connectivity index (χ1n) is 7.08. The fourth-order valence-electron chi connectivity index (χ4n) is 2.54. The molecule has 0 saturated heterocycles. The van der Waals surface area contributed by atoms with Gasteiger partial charge in [0.15, 0.2) is 16.7 Å². The summed E-state index contributed by atoms with van der Waals surface area (Å²) in [5, 5.41) is 7.00. The highest BCUT2D eigenvalue weighted by Gasteiger charge is 2.15. The summed E-state index contributed by atoms with van der Waals surface area (Å²) >= 11 is 5.28. The largest absolute Gasteiger partial charge is 0.360 e. The summed E-state index contributed by atoms with van der Waals surface area (Å²) in [6.07, 6.45) is 6.05. The van der Waals surface area contributed by atoms with Crippen LogP contribution in [0.4, 0.5) is 8.78 Å². The normalized spacial score (nSPS) is 17.6. The lowest BCUT2D eigenvalue weighted by molar-refractivity contribution is 0.411. The molecule has 1 aromatic carbocycles. The molecular formula is C15H20F2N2S. The third kappa shape index (κ3) is 4.13. The van der Waals surface area contributed by atoms with Crippen molar-refractivity contribution in [2.45, 2.75) is 51.1 Å². The molecule has 0 radical (unpaired) electrons. The maximum absolute atomic E-state index is 13.2. The van der Waals surface area contributed by atoms with Crippen LogP contribution in [0.2, 0.25) is 0 Å². The van der Waals surface area contributed by atoms with Gasteiger partial charge in [-0.15, -0.1) is 0 Å². The van der Waals surface area contributed by atoms with Crippen molar-refractivity contribution in [3.8, 4) is 0 Å². The van der Waals surface area contributed by atoms with Crippen molar-refractivity contribution in [3.63, 3.8) is 0 Å². The Kier molecular flexibility index (Phi) is 5.29. The molecule has 0 unspecified atom stereocenters. The van der Waals surface area contributed by atoms with Crippen LogP contribution in [0.1, 0.15) is 50.6 Å². The quantitative estimate of drug-likeness (QED) is 0.830. The third-order valence-electron chi connectivity index (χ3n) is 3.73. The molecule has 0 heterocycles. The second kappa shape index (κ2) is 6.97. The van der Waals surface area contributed by atoms with Gasteiger partial charge in [0.05, 0.1) is 6.04 Å². The molecule has 1 fully saturated rings. The molecule has 2 rings (SSSR count). The lowest BCUT2D eigenvalue weighted by Crippen LogP contribution is -2.43. The van der Waals surface area contributed by atoms with E-state index < -0.39 is 11.6 Å². The molecule has 1 saturated carbocycles. The highest BCUT2D eigenvalue weighted by molar-refractivity contribution is 7.80. The van der Waals surface area contributed by atoms with E-state index in [-0.39, 0.29) is 6.04 Å². The van der Waals surface area contributed by atoms with E-state index in [2.05, 4.69) is 10.6 Å². The molecule has 20 heavy (non-hydrogen) atoms. The van der Waals surface area contributed by atoms with E-state index in [1.807, 2.05) is 6.92 Å². The smallest absolute Gasteiger partial charge is 0.166 e. The maximum Gasteiger partial charge on any atom is 0.166 e. The predicted molar refractivity (Wildman–Crippen MR) is 80.5 cm³/mol. The molecule has 0 aromatic heterocycles. The van der Waals surface area contributed by atoms with Crippen molar-refractivity contribution >= 4 is 17.3 Å². The van der Waals surface area contributed by atoms with Crippen LogP contribution in [0.15, 0.2) is 18.2 Å². The Morgan fingerprint density at radius 1 is 1.20 bits per heavy atom.